The fourth-order valence-electron chi connectivity index (χ4n) is 8.68. The molecule has 6 heterocycles. The first-order valence-corrected chi connectivity index (χ1v) is 18.5. The zero-order chi connectivity index (χ0) is 34.9. The standard InChI is InChI=1S/C39H47N9O3/c1-25-20-26(21-30-24-42-45-35(25)30)22-34(38(50)47-18-10-31(11-19-47)46-14-8-28(9-15-46)36-40-12-13-41-36)44-39(51)48-16-6-27(7-17-48)32-23-29-4-2-3-5-33(29)43-37(32)49/h2-5,12-13,20-21,23-24,27-28,31,34H,6-11,14-19,22H2,1H3,(H,40,41)(H,42,45)(H,43,49)(H,44,51). The van der Waals surface area contributed by atoms with Gasteiger partial charge in [0.25, 0.3) is 5.56 Å². The zero-order valence-electron chi connectivity index (χ0n) is 29.2. The van der Waals surface area contributed by atoms with Crippen LogP contribution in [0.5, 0.6) is 0 Å². The van der Waals surface area contributed by atoms with Crippen LogP contribution >= 0.6 is 0 Å². The van der Waals surface area contributed by atoms with E-state index in [1.54, 1.807) is 11.1 Å². The number of H-pyrrole nitrogens is 3. The van der Waals surface area contributed by atoms with E-state index in [0.29, 0.717) is 57.4 Å². The number of hydrogen-bond acceptors (Lipinski definition) is 6. The van der Waals surface area contributed by atoms with Gasteiger partial charge in [-0.1, -0.05) is 24.3 Å². The predicted molar refractivity (Wildman–Crippen MR) is 197 cm³/mol. The second-order valence-corrected chi connectivity index (χ2v) is 14.7. The van der Waals surface area contributed by atoms with Gasteiger partial charge in [0, 0.05) is 73.4 Å². The number of urea groups is 1. The Hall–Kier alpha value is -4.97. The molecule has 266 valence electrons. The molecule has 2 aromatic carbocycles. The number of pyridine rings is 1. The van der Waals surface area contributed by atoms with Gasteiger partial charge in [-0.25, -0.2) is 9.78 Å². The summed E-state index contributed by atoms with van der Waals surface area (Å²) in [6.07, 6.45) is 11.4. The lowest BCUT2D eigenvalue weighted by Crippen LogP contribution is -2.56. The van der Waals surface area contributed by atoms with E-state index < -0.39 is 6.04 Å². The van der Waals surface area contributed by atoms with Gasteiger partial charge in [0.05, 0.1) is 11.7 Å². The maximum atomic E-state index is 14.3. The fourth-order valence-corrected chi connectivity index (χ4v) is 8.68. The molecule has 3 fully saturated rings. The molecule has 0 spiro atoms. The van der Waals surface area contributed by atoms with Gasteiger partial charge < -0.3 is 30.0 Å². The number of aromatic amines is 3. The molecule has 12 heteroatoms. The minimum Gasteiger partial charge on any atom is -0.348 e. The largest absolute Gasteiger partial charge is 0.348 e. The summed E-state index contributed by atoms with van der Waals surface area (Å²) < 4.78 is 0. The molecule has 3 aromatic heterocycles. The van der Waals surface area contributed by atoms with Gasteiger partial charge in [-0.2, -0.15) is 5.10 Å². The zero-order valence-corrected chi connectivity index (χ0v) is 29.2. The van der Waals surface area contributed by atoms with Crippen molar-refractivity contribution in [1.29, 1.82) is 0 Å². The van der Waals surface area contributed by atoms with Crippen LogP contribution in [0, 0.1) is 6.92 Å². The summed E-state index contributed by atoms with van der Waals surface area (Å²) in [5.74, 6) is 1.62. The number of likely N-dealkylation sites (tertiary alicyclic amines) is 3. The number of amides is 3. The summed E-state index contributed by atoms with van der Waals surface area (Å²) in [6, 6.07) is 13.5. The molecular formula is C39H47N9O3. The number of aromatic nitrogens is 5. The Kier molecular flexibility index (Phi) is 9.33. The molecule has 0 saturated carbocycles. The topological polar surface area (TPSA) is 146 Å². The van der Waals surface area contributed by atoms with Crippen LogP contribution in [0.3, 0.4) is 0 Å². The maximum absolute atomic E-state index is 14.3. The van der Waals surface area contributed by atoms with Crippen molar-refractivity contribution in [2.24, 2.45) is 0 Å². The monoisotopic (exact) mass is 689 g/mol. The highest BCUT2D eigenvalue weighted by Gasteiger charge is 2.35. The van der Waals surface area contributed by atoms with Gasteiger partial charge in [0.1, 0.15) is 11.9 Å². The molecular weight excluding hydrogens is 642 g/mol. The van der Waals surface area contributed by atoms with Crippen LogP contribution in [0.1, 0.15) is 72.9 Å². The van der Waals surface area contributed by atoms with Gasteiger partial charge in [0.15, 0.2) is 0 Å². The summed E-state index contributed by atoms with van der Waals surface area (Å²) in [4.78, 5) is 58.2. The van der Waals surface area contributed by atoms with Gasteiger partial charge in [-0.15, -0.1) is 0 Å². The normalized spacial score (nSPS) is 19.2. The van der Waals surface area contributed by atoms with E-state index >= 15 is 0 Å². The van der Waals surface area contributed by atoms with Gasteiger partial charge in [-0.3, -0.25) is 14.7 Å². The van der Waals surface area contributed by atoms with Crippen molar-refractivity contribution in [2.75, 3.05) is 39.3 Å². The molecule has 12 nitrogen and oxygen atoms in total. The molecule has 0 bridgehead atoms. The number of rotatable bonds is 7. The summed E-state index contributed by atoms with van der Waals surface area (Å²) in [5.41, 5.74) is 4.57. The number of aryl methyl sites for hydroxylation is 1. The van der Waals surface area contributed by atoms with Gasteiger partial charge in [0.2, 0.25) is 5.91 Å². The van der Waals surface area contributed by atoms with Gasteiger partial charge in [-0.05, 0) is 99.2 Å². The molecule has 3 amide bonds. The van der Waals surface area contributed by atoms with Crippen LogP contribution in [0.25, 0.3) is 21.8 Å². The van der Waals surface area contributed by atoms with Crippen molar-refractivity contribution < 1.29 is 9.59 Å². The number of benzene rings is 2. The second kappa shape index (κ2) is 14.3. The van der Waals surface area contributed by atoms with Crippen molar-refractivity contribution in [2.45, 2.75) is 75.8 Å². The summed E-state index contributed by atoms with van der Waals surface area (Å²) in [5, 5.41) is 12.4. The highest BCUT2D eigenvalue weighted by molar-refractivity contribution is 5.88. The molecule has 4 N–H and O–H groups in total. The van der Waals surface area contributed by atoms with Crippen LogP contribution in [0.2, 0.25) is 0 Å². The van der Waals surface area contributed by atoms with E-state index in [9.17, 15) is 14.4 Å². The van der Waals surface area contributed by atoms with E-state index in [4.69, 9.17) is 0 Å². The Bertz CT molecular complexity index is 2050. The number of para-hydroxylation sites is 1. The smallest absolute Gasteiger partial charge is 0.318 e. The molecule has 1 unspecified atom stereocenters. The summed E-state index contributed by atoms with van der Waals surface area (Å²) in [6.45, 7) is 6.53. The van der Waals surface area contributed by atoms with Crippen LogP contribution in [0.4, 0.5) is 4.79 Å². The molecule has 3 aliphatic rings. The highest BCUT2D eigenvalue weighted by Crippen LogP contribution is 2.30. The van der Waals surface area contributed by atoms with Crippen molar-refractivity contribution in [3.05, 3.63) is 93.9 Å². The molecule has 8 rings (SSSR count). The average molecular weight is 690 g/mol. The number of carbonyl (C=O) groups is 2. The first-order chi connectivity index (χ1) is 24.9. The van der Waals surface area contributed by atoms with Crippen LogP contribution < -0.4 is 10.9 Å². The minimum absolute atomic E-state index is 0.0270. The Morgan fingerprint density at radius 1 is 0.902 bits per heavy atom. The number of hydrogen-bond donors (Lipinski definition) is 4. The number of piperidine rings is 3. The lowest BCUT2D eigenvalue weighted by atomic mass is 9.89. The summed E-state index contributed by atoms with van der Waals surface area (Å²) in [7, 11) is 0. The molecule has 3 saturated heterocycles. The molecule has 3 aliphatic heterocycles. The minimum atomic E-state index is -0.692. The van der Waals surface area contributed by atoms with E-state index in [0.717, 1.165) is 83.1 Å². The van der Waals surface area contributed by atoms with E-state index in [2.05, 4.69) is 47.5 Å². The second-order valence-electron chi connectivity index (χ2n) is 14.7. The SMILES string of the molecule is Cc1cc(CC(NC(=O)N2CCC(c3cc4ccccc4[nH]c3=O)CC2)C(=O)N2CCC(N3CCC(c4ncc[nH]4)CC3)CC2)cc2cn[nH]c12. The first-order valence-electron chi connectivity index (χ1n) is 18.5. The molecule has 5 aromatic rings. The fraction of sp³-hybridized carbons (Fsp3) is 0.462. The number of nitrogens with zero attached hydrogens (tertiary/aromatic N) is 5. The van der Waals surface area contributed by atoms with Crippen LogP contribution in [0.15, 0.2) is 65.8 Å². The predicted octanol–water partition coefficient (Wildman–Crippen LogP) is 4.81. The molecule has 0 aliphatic carbocycles. The van der Waals surface area contributed by atoms with Crippen molar-refractivity contribution in [3.63, 3.8) is 0 Å². The number of imidazole rings is 1. The molecule has 51 heavy (non-hydrogen) atoms. The Morgan fingerprint density at radius 3 is 2.41 bits per heavy atom. The summed E-state index contributed by atoms with van der Waals surface area (Å²) >= 11 is 0. The van der Waals surface area contributed by atoms with Crippen molar-refractivity contribution in [1.82, 2.24) is 45.2 Å². The third-order valence-electron chi connectivity index (χ3n) is 11.6. The quantitative estimate of drug-likeness (QED) is 0.193. The average Bonchev–Trinajstić information content (AvgIpc) is 3.88. The maximum Gasteiger partial charge on any atom is 0.318 e. The van der Waals surface area contributed by atoms with E-state index in [1.807, 2.05) is 54.5 Å². The molecule has 1 atom stereocenters. The number of carbonyl (C=O) groups excluding carboxylic acids is 2. The Balaban J connectivity index is 0.921. The lowest BCUT2D eigenvalue weighted by Gasteiger charge is -2.42. The van der Waals surface area contributed by atoms with Crippen molar-refractivity contribution in [3.8, 4) is 0 Å². The highest BCUT2D eigenvalue weighted by atomic mass is 16.2. The van der Waals surface area contributed by atoms with E-state index in [-0.39, 0.29) is 23.4 Å². The Morgan fingerprint density at radius 2 is 1.65 bits per heavy atom. The number of nitrogens with one attached hydrogen (secondary N) is 4. The molecule has 0 radical (unpaired) electrons. The third-order valence-corrected chi connectivity index (χ3v) is 11.6. The van der Waals surface area contributed by atoms with E-state index in [1.165, 1.54) is 0 Å². The number of fused-ring (bicyclic) bond motifs is 2. The van der Waals surface area contributed by atoms with Crippen LogP contribution in [-0.4, -0.2) is 103 Å². The van der Waals surface area contributed by atoms with Crippen LogP contribution in [-0.2, 0) is 11.2 Å². The van der Waals surface area contributed by atoms with Crippen molar-refractivity contribution >= 4 is 33.7 Å². The third kappa shape index (κ3) is 7.01. The first kappa shape index (κ1) is 33.2. The Labute approximate surface area is 297 Å². The lowest BCUT2D eigenvalue weighted by molar-refractivity contribution is -0.135. The van der Waals surface area contributed by atoms with Gasteiger partial charge >= 0.3 is 6.03 Å².